The number of carbonyl (C=O) groups excluding carboxylic acids is 2. The highest BCUT2D eigenvalue weighted by molar-refractivity contribution is 7.87. The maximum atomic E-state index is 11.4. The van der Waals surface area contributed by atoms with Gasteiger partial charge in [-0.25, -0.2) is 0 Å². The second-order valence-corrected chi connectivity index (χ2v) is 6.54. The van der Waals surface area contributed by atoms with Crippen LogP contribution < -0.4 is 5.73 Å². The molecular formula is C12H23NO5S. The lowest BCUT2D eigenvalue weighted by molar-refractivity contribution is -0.135. The van der Waals surface area contributed by atoms with E-state index in [1.807, 2.05) is 0 Å². The minimum absolute atomic E-state index is 0.0851. The van der Waals surface area contributed by atoms with Crippen molar-refractivity contribution in [3.8, 4) is 0 Å². The molecule has 0 spiro atoms. The van der Waals surface area contributed by atoms with Gasteiger partial charge in [-0.2, -0.15) is 8.42 Å². The average Bonchev–Trinajstić information content (AvgIpc) is 2.31. The van der Waals surface area contributed by atoms with E-state index in [0.29, 0.717) is 12.3 Å². The zero-order valence-electron chi connectivity index (χ0n) is 11.6. The highest BCUT2D eigenvalue weighted by atomic mass is 32.2. The maximum Gasteiger partial charge on any atom is 0.322 e. The summed E-state index contributed by atoms with van der Waals surface area (Å²) in [7, 11) is -3.83. The monoisotopic (exact) mass is 293 g/mol. The third-order valence-corrected chi connectivity index (χ3v) is 3.71. The highest BCUT2D eigenvalue weighted by Crippen LogP contribution is 2.09. The lowest BCUT2D eigenvalue weighted by atomic mass is 10.1. The second kappa shape index (κ2) is 9.03. The molecule has 2 N–H and O–H groups in total. The molecule has 0 aromatic carbocycles. The number of hydrogen-bond donors (Lipinski definition) is 1. The first-order valence-corrected chi connectivity index (χ1v) is 8.01. The molecule has 0 unspecified atom stereocenters. The van der Waals surface area contributed by atoms with Crippen LogP contribution in [0.15, 0.2) is 0 Å². The van der Waals surface area contributed by atoms with E-state index in [0.717, 1.165) is 12.8 Å². The van der Waals surface area contributed by atoms with Crippen LogP contribution in [0.2, 0.25) is 0 Å². The van der Waals surface area contributed by atoms with Crippen molar-refractivity contribution in [2.75, 3.05) is 12.3 Å². The number of unbranched alkanes of at least 4 members (excludes halogenated alkanes) is 1. The van der Waals surface area contributed by atoms with E-state index in [1.54, 1.807) is 0 Å². The van der Waals surface area contributed by atoms with Gasteiger partial charge in [0.05, 0.1) is 18.7 Å². The van der Waals surface area contributed by atoms with Crippen molar-refractivity contribution >= 4 is 21.9 Å². The van der Waals surface area contributed by atoms with E-state index in [4.69, 9.17) is 5.73 Å². The van der Waals surface area contributed by atoms with Gasteiger partial charge in [0.2, 0.25) is 0 Å². The Morgan fingerprint density at radius 1 is 1.16 bits per heavy atom. The summed E-state index contributed by atoms with van der Waals surface area (Å²) in [6.45, 7) is 3.96. The number of hydrogen-bond acceptors (Lipinski definition) is 6. The summed E-state index contributed by atoms with van der Waals surface area (Å²) in [5.74, 6) is -0.847. The Labute approximate surface area is 114 Å². The first kappa shape index (κ1) is 18.0. The van der Waals surface area contributed by atoms with Crippen LogP contribution in [0.1, 0.15) is 46.0 Å². The van der Waals surface area contributed by atoms with Crippen molar-refractivity contribution in [1.29, 1.82) is 0 Å². The van der Waals surface area contributed by atoms with Gasteiger partial charge in [-0.3, -0.25) is 9.59 Å². The Hall–Kier alpha value is -0.950. The third kappa shape index (κ3) is 10.6. The molecule has 6 nitrogen and oxygen atoms in total. The van der Waals surface area contributed by atoms with E-state index in [2.05, 4.69) is 18.0 Å². The Bertz CT molecular complexity index is 389. The zero-order chi connectivity index (χ0) is 14.9. The SMILES string of the molecule is CC(C)CCCCS(=O)(=O)OC(=O)CCC(=O)CN. The maximum absolute atomic E-state index is 11.4. The van der Waals surface area contributed by atoms with Gasteiger partial charge in [0.15, 0.2) is 0 Å². The number of carbonyl (C=O) groups is 2. The van der Waals surface area contributed by atoms with Crippen LogP contribution in [0.4, 0.5) is 0 Å². The first-order valence-electron chi connectivity index (χ1n) is 6.43. The summed E-state index contributed by atoms with van der Waals surface area (Å²) < 4.78 is 27.3. The zero-order valence-corrected chi connectivity index (χ0v) is 12.4. The van der Waals surface area contributed by atoms with Gasteiger partial charge < -0.3 is 9.92 Å². The molecular weight excluding hydrogens is 270 g/mol. The molecule has 19 heavy (non-hydrogen) atoms. The topological polar surface area (TPSA) is 104 Å². The summed E-state index contributed by atoms with van der Waals surface area (Å²) in [6, 6.07) is 0. The molecule has 0 saturated heterocycles. The quantitative estimate of drug-likeness (QED) is 0.476. The molecule has 0 aromatic rings. The number of ketones is 1. The minimum Gasteiger partial charge on any atom is -0.346 e. The minimum atomic E-state index is -3.83. The van der Waals surface area contributed by atoms with Crippen molar-refractivity contribution in [1.82, 2.24) is 0 Å². The van der Waals surface area contributed by atoms with Crippen LogP contribution >= 0.6 is 0 Å². The molecule has 0 atom stereocenters. The van der Waals surface area contributed by atoms with E-state index in [-0.39, 0.29) is 30.9 Å². The molecule has 112 valence electrons. The standard InChI is InChI=1S/C12H23NO5S/c1-10(2)5-3-4-8-19(16,17)18-12(15)7-6-11(14)9-13/h10H,3-9,13H2,1-2H3. The Balaban J connectivity index is 3.94. The summed E-state index contributed by atoms with van der Waals surface area (Å²) >= 11 is 0. The van der Waals surface area contributed by atoms with Crippen molar-refractivity contribution in [3.63, 3.8) is 0 Å². The Kier molecular flexibility index (Phi) is 8.58. The molecule has 0 aliphatic heterocycles. The predicted octanol–water partition coefficient (Wildman–Crippen LogP) is 0.994. The van der Waals surface area contributed by atoms with Crippen molar-refractivity contribution in [2.24, 2.45) is 11.7 Å². The molecule has 0 saturated carbocycles. The summed E-state index contributed by atoms with van der Waals surface area (Å²) in [5, 5.41) is 0. The van der Waals surface area contributed by atoms with Gasteiger partial charge in [0.1, 0.15) is 5.78 Å². The van der Waals surface area contributed by atoms with Crippen LogP contribution in [-0.2, 0) is 23.9 Å². The van der Waals surface area contributed by atoms with Gasteiger partial charge in [0, 0.05) is 6.42 Å². The van der Waals surface area contributed by atoms with Crippen LogP contribution in [-0.4, -0.2) is 32.5 Å². The molecule has 0 heterocycles. The van der Waals surface area contributed by atoms with Crippen molar-refractivity contribution in [3.05, 3.63) is 0 Å². The fraction of sp³-hybridized carbons (Fsp3) is 0.833. The normalized spacial score (nSPS) is 11.6. The van der Waals surface area contributed by atoms with E-state index in [9.17, 15) is 18.0 Å². The first-order chi connectivity index (χ1) is 8.76. The largest absolute Gasteiger partial charge is 0.346 e. The molecule has 0 amide bonds. The Morgan fingerprint density at radius 2 is 1.79 bits per heavy atom. The number of nitrogens with two attached hydrogens (primary N) is 1. The molecule has 0 radical (unpaired) electrons. The Morgan fingerprint density at radius 3 is 2.32 bits per heavy atom. The molecule has 0 aromatic heterocycles. The lowest BCUT2D eigenvalue weighted by Gasteiger charge is -2.06. The van der Waals surface area contributed by atoms with Gasteiger partial charge >= 0.3 is 16.1 Å². The molecule has 0 bridgehead atoms. The highest BCUT2D eigenvalue weighted by Gasteiger charge is 2.17. The molecule has 0 fully saturated rings. The van der Waals surface area contributed by atoms with Crippen LogP contribution in [0.3, 0.4) is 0 Å². The van der Waals surface area contributed by atoms with Crippen molar-refractivity contribution in [2.45, 2.75) is 46.0 Å². The average molecular weight is 293 g/mol. The number of rotatable bonds is 10. The summed E-state index contributed by atoms with van der Waals surface area (Å²) in [5.41, 5.74) is 5.07. The third-order valence-electron chi connectivity index (χ3n) is 2.48. The lowest BCUT2D eigenvalue weighted by Crippen LogP contribution is -2.19. The van der Waals surface area contributed by atoms with Gasteiger partial charge in [-0.15, -0.1) is 0 Å². The van der Waals surface area contributed by atoms with Gasteiger partial charge in [0.25, 0.3) is 0 Å². The molecule has 7 heteroatoms. The van der Waals surface area contributed by atoms with E-state index < -0.39 is 16.1 Å². The smallest absolute Gasteiger partial charge is 0.322 e. The molecule has 0 rings (SSSR count). The fourth-order valence-electron chi connectivity index (χ4n) is 1.40. The van der Waals surface area contributed by atoms with Crippen LogP contribution in [0.5, 0.6) is 0 Å². The van der Waals surface area contributed by atoms with E-state index >= 15 is 0 Å². The van der Waals surface area contributed by atoms with Crippen molar-refractivity contribution < 1.29 is 22.2 Å². The summed E-state index contributed by atoms with van der Waals surface area (Å²) in [4.78, 5) is 22.1. The fourth-order valence-corrected chi connectivity index (χ4v) is 2.41. The number of Topliss-reactive ketones (excluding diaryl/α,β-unsaturated/α-hetero) is 1. The van der Waals surface area contributed by atoms with Crippen LogP contribution in [0, 0.1) is 5.92 Å². The van der Waals surface area contributed by atoms with Gasteiger partial charge in [-0.05, 0) is 12.3 Å². The molecule has 0 aliphatic rings. The van der Waals surface area contributed by atoms with Crippen LogP contribution in [0.25, 0.3) is 0 Å². The predicted molar refractivity (Wildman–Crippen MR) is 71.9 cm³/mol. The molecule has 0 aliphatic carbocycles. The second-order valence-electron chi connectivity index (χ2n) is 4.85. The van der Waals surface area contributed by atoms with Gasteiger partial charge in [-0.1, -0.05) is 26.7 Å². The van der Waals surface area contributed by atoms with E-state index in [1.165, 1.54) is 0 Å². The summed E-state index contributed by atoms with van der Waals surface area (Å²) in [6.07, 6.45) is 1.85.